The van der Waals surface area contributed by atoms with E-state index < -0.39 is 0 Å². The van der Waals surface area contributed by atoms with E-state index in [0.29, 0.717) is 5.95 Å². The zero-order valence-corrected chi connectivity index (χ0v) is 11.9. The largest absolute Gasteiger partial charge is 0.496 e. The molecule has 0 saturated carbocycles. The molecule has 2 N–H and O–H groups in total. The molecule has 5 heteroatoms. The fourth-order valence-electron chi connectivity index (χ4n) is 2.31. The number of benzene rings is 1. The van der Waals surface area contributed by atoms with Gasteiger partial charge in [-0.3, -0.25) is 4.40 Å². The minimum atomic E-state index is 0.527. The van der Waals surface area contributed by atoms with Gasteiger partial charge >= 0.3 is 0 Å². The highest BCUT2D eigenvalue weighted by molar-refractivity contribution is 7.16. The first-order chi connectivity index (χ1) is 9.11. The topological polar surface area (TPSA) is 52.5 Å². The Morgan fingerprint density at radius 1 is 1.26 bits per heavy atom. The first-order valence-electron chi connectivity index (χ1n) is 5.98. The van der Waals surface area contributed by atoms with E-state index in [9.17, 15) is 0 Å². The number of rotatable bonds is 2. The van der Waals surface area contributed by atoms with Gasteiger partial charge in [0.2, 0.25) is 5.95 Å². The predicted molar refractivity (Wildman–Crippen MR) is 78.9 cm³/mol. The molecule has 0 atom stereocenters. The smallest absolute Gasteiger partial charge is 0.206 e. The number of anilines is 1. The summed E-state index contributed by atoms with van der Waals surface area (Å²) >= 11 is 1.64. The molecule has 0 fully saturated rings. The molecule has 0 radical (unpaired) electrons. The fourth-order valence-corrected chi connectivity index (χ4v) is 3.19. The second kappa shape index (κ2) is 4.28. The van der Waals surface area contributed by atoms with Crippen LogP contribution in [0.3, 0.4) is 0 Å². The van der Waals surface area contributed by atoms with Crippen molar-refractivity contribution >= 4 is 22.1 Å². The number of aryl methyl sites for hydroxylation is 2. The van der Waals surface area contributed by atoms with E-state index in [-0.39, 0.29) is 0 Å². The summed E-state index contributed by atoms with van der Waals surface area (Å²) in [5.74, 6) is 1.44. The van der Waals surface area contributed by atoms with Crippen LogP contribution >= 0.6 is 11.3 Å². The second-order valence-electron chi connectivity index (χ2n) is 4.55. The predicted octanol–water partition coefficient (Wildman–Crippen LogP) is 3.27. The van der Waals surface area contributed by atoms with Crippen molar-refractivity contribution in [2.75, 3.05) is 12.8 Å². The van der Waals surface area contributed by atoms with Crippen LogP contribution in [0.4, 0.5) is 5.95 Å². The lowest BCUT2D eigenvalue weighted by Crippen LogP contribution is -1.97. The summed E-state index contributed by atoms with van der Waals surface area (Å²) in [6, 6.07) is 4.19. The average molecular weight is 273 g/mol. The third kappa shape index (κ3) is 1.77. The number of methoxy groups -OCH3 is 1. The molecule has 0 bridgehead atoms. The maximum absolute atomic E-state index is 5.94. The molecule has 3 rings (SSSR count). The Morgan fingerprint density at radius 3 is 2.79 bits per heavy atom. The number of ether oxygens (including phenoxy) is 1. The lowest BCUT2D eigenvalue weighted by Gasteiger charge is -2.11. The molecule has 0 aliphatic rings. The van der Waals surface area contributed by atoms with E-state index in [0.717, 1.165) is 33.0 Å². The molecule has 0 saturated heterocycles. The van der Waals surface area contributed by atoms with Crippen LogP contribution in [0.5, 0.6) is 5.75 Å². The summed E-state index contributed by atoms with van der Waals surface area (Å²) < 4.78 is 7.34. The number of imidazole rings is 1. The molecule has 0 aliphatic heterocycles. The number of aromatic nitrogens is 2. The quantitative estimate of drug-likeness (QED) is 0.779. The van der Waals surface area contributed by atoms with E-state index in [1.54, 1.807) is 24.6 Å². The molecule has 0 unspecified atom stereocenters. The van der Waals surface area contributed by atoms with E-state index in [4.69, 9.17) is 10.5 Å². The number of hydrogen-bond donors (Lipinski definition) is 1. The number of thiazole rings is 1. The highest BCUT2D eigenvalue weighted by atomic mass is 32.1. The van der Waals surface area contributed by atoms with E-state index in [1.165, 1.54) is 0 Å². The lowest BCUT2D eigenvalue weighted by atomic mass is 10.0. The Bertz CT molecular complexity index is 757. The van der Waals surface area contributed by atoms with Crippen LogP contribution in [0.2, 0.25) is 0 Å². The maximum Gasteiger partial charge on any atom is 0.206 e. The van der Waals surface area contributed by atoms with Crippen molar-refractivity contribution in [3.63, 3.8) is 0 Å². The normalized spacial score (nSPS) is 11.1. The molecule has 4 nitrogen and oxygen atoms in total. The van der Waals surface area contributed by atoms with Gasteiger partial charge in [-0.05, 0) is 37.1 Å². The summed E-state index contributed by atoms with van der Waals surface area (Å²) in [6.45, 7) is 4.12. The highest BCUT2D eigenvalue weighted by Crippen LogP contribution is 2.33. The zero-order chi connectivity index (χ0) is 13.6. The Kier molecular flexibility index (Phi) is 2.71. The number of nitrogen functional groups attached to an aromatic ring is 1. The van der Waals surface area contributed by atoms with Crippen LogP contribution in [-0.4, -0.2) is 16.5 Å². The molecule has 98 valence electrons. The van der Waals surface area contributed by atoms with Crippen molar-refractivity contribution in [1.82, 2.24) is 9.38 Å². The van der Waals surface area contributed by atoms with Gasteiger partial charge in [-0.2, -0.15) is 0 Å². The minimum absolute atomic E-state index is 0.527. The van der Waals surface area contributed by atoms with Crippen molar-refractivity contribution in [1.29, 1.82) is 0 Å². The summed E-state index contributed by atoms with van der Waals surface area (Å²) in [5.41, 5.74) is 10.5. The van der Waals surface area contributed by atoms with Gasteiger partial charge in [0.25, 0.3) is 0 Å². The van der Waals surface area contributed by atoms with Gasteiger partial charge in [0.15, 0.2) is 0 Å². The van der Waals surface area contributed by atoms with Crippen LogP contribution in [0.25, 0.3) is 16.1 Å². The number of hydrogen-bond acceptors (Lipinski definition) is 4. The van der Waals surface area contributed by atoms with Gasteiger partial charge < -0.3 is 10.5 Å². The van der Waals surface area contributed by atoms with E-state index >= 15 is 0 Å². The molecular weight excluding hydrogens is 258 g/mol. The SMILES string of the molecule is COc1cc(C)c(-c2csc3cnc(N)n23)cc1C. The van der Waals surface area contributed by atoms with Crippen molar-refractivity contribution in [2.24, 2.45) is 0 Å². The molecule has 0 amide bonds. The molecule has 1 aromatic carbocycles. The third-order valence-electron chi connectivity index (χ3n) is 3.31. The summed E-state index contributed by atoms with van der Waals surface area (Å²) in [6.07, 6.45) is 1.80. The Hall–Kier alpha value is -2.01. The van der Waals surface area contributed by atoms with Crippen LogP contribution in [-0.2, 0) is 0 Å². The molecule has 3 aromatic rings. The summed E-state index contributed by atoms with van der Waals surface area (Å²) in [5, 5.41) is 2.11. The Balaban J connectivity index is 2.27. The molecule has 0 spiro atoms. The summed E-state index contributed by atoms with van der Waals surface area (Å²) in [4.78, 5) is 5.21. The van der Waals surface area contributed by atoms with E-state index in [1.807, 2.05) is 11.3 Å². The standard InChI is InChI=1S/C14H15N3OS/c1-8-5-12(18-3)9(2)4-10(8)11-7-19-13-6-16-14(15)17(11)13/h4-7H,1-3H3,(H2,15,16). The molecule has 2 heterocycles. The van der Waals surface area contributed by atoms with E-state index in [2.05, 4.69) is 29.4 Å². The molecular formula is C14H15N3OS. The third-order valence-corrected chi connectivity index (χ3v) is 4.18. The van der Waals surface area contributed by atoms with Gasteiger partial charge in [0.1, 0.15) is 10.6 Å². The average Bonchev–Trinajstić information content (AvgIpc) is 2.95. The van der Waals surface area contributed by atoms with Crippen LogP contribution in [0.15, 0.2) is 23.7 Å². The first-order valence-corrected chi connectivity index (χ1v) is 6.86. The maximum atomic E-state index is 5.94. The Morgan fingerprint density at radius 2 is 2.05 bits per heavy atom. The second-order valence-corrected chi connectivity index (χ2v) is 5.44. The molecule has 0 aliphatic carbocycles. The zero-order valence-electron chi connectivity index (χ0n) is 11.1. The Labute approximate surface area is 115 Å². The van der Waals surface area contributed by atoms with Crippen molar-refractivity contribution in [2.45, 2.75) is 13.8 Å². The molecule has 19 heavy (non-hydrogen) atoms. The van der Waals surface area contributed by atoms with Gasteiger partial charge in [-0.15, -0.1) is 11.3 Å². The minimum Gasteiger partial charge on any atom is -0.496 e. The van der Waals surface area contributed by atoms with Crippen LogP contribution < -0.4 is 10.5 Å². The van der Waals surface area contributed by atoms with Gasteiger partial charge in [-0.25, -0.2) is 4.98 Å². The number of nitrogens with zero attached hydrogens (tertiary/aromatic N) is 2. The van der Waals surface area contributed by atoms with Crippen LogP contribution in [0, 0.1) is 13.8 Å². The van der Waals surface area contributed by atoms with Gasteiger partial charge in [0, 0.05) is 10.9 Å². The molecule has 2 aromatic heterocycles. The fraction of sp³-hybridized carbons (Fsp3) is 0.214. The van der Waals surface area contributed by atoms with Crippen molar-refractivity contribution < 1.29 is 4.74 Å². The van der Waals surface area contributed by atoms with Crippen LogP contribution in [0.1, 0.15) is 11.1 Å². The van der Waals surface area contributed by atoms with Crippen molar-refractivity contribution in [3.8, 4) is 17.0 Å². The number of nitrogens with two attached hydrogens (primary N) is 1. The summed E-state index contributed by atoms with van der Waals surface area (Å²) in [7, 11) is 1.69. The van der Waals surface area contributed by atoms with Gasteiger partial charge in [0.05, 0.1) is 19.0 Å². The monoisotopic (exact) mass is 273 g/mol. The lowest BCUT2D eigenvalue weighted by molar-refractivity contribution is 0.411. The van der Waals surface area contributed by atoms with Crippen molar-refractivity contribution in [3.05, 3.63) is 34.8 Å². The highest BCUT2D eigenvalue weighted by Gasteiger charge is 2.13. The first kappa shape index (κ1) is 12.0. The number of fused-ring (bicyclic) bond motifs is 1. The van der Waals surface area contributed by atoms with Gasteiger partial charge in [-0.1, -0.05) is 0 Å².